The lowest BCUT2D eigenvalue weighted by atomic mass is 10.2. The third kappa shape index (κ3) is 2.64. The summed E-state index contributed by atoms with van der Waals surface area (Å²) >= 11 is 6.12. The summed E-state index contributed by atoms with van der Waals surface area (Å²) in [6.07, 6.45) is 4.10. The SMILES string of the molecule is Clc1cccc(CN(c2ncnc3ccccc23)C2CC2)c1. The summed E-state index contributed by atoms with van der Waals surface area (Å²) in [5, 5.41) is 1.89. The molecular weight excluding hydrogens is 294 g/mol. The van der Waals surface area contributed by atoms with E-state index in [4.69, 9.17) is 11.6 Å². The lowest BCUT2D eigenvalue weighted by molar-refractivity contribution is 0.781. The molecule has 0 saturated heterocycles. The van der Waals surface area contributed by atoms with Gasteiger partial charge in [-0.05, 0) is 42.7 Å². The summed E-state index contributed by atoms with van der Waals surface area (Å²) in [4.78, 5) is 11.3. The molecule has 1 aliphatic rings. The average Bonchev–Trinajstić information content (AvgIpc) is 3.37. The summed E-state index contributed by atoms with van der Waals surface area (Å²) in [6, 6.07) is 16.8. The second-order valence-corrected chi connectivity index (χ2v) is 6.14. The Labute approximate surface area is 134 Å². The fourth-order valence-electron chi connectivity index (χ4n) is 2.81. The van der Waals surface area contributed by atoms with Crippen molar-refractivity contribution in [1.82, 2.24) is 9.97 Å². The molecule has 0 unspecified atom stereocenters. The van der Waals surface area contributed by atoms with Crippen LogP contribution < -0.4 is 4.90 Å². The minimum atomic E-state index is 0.567. The van der Waals surface area contributed by atoms with Gasteiger partial charge in [0.25, 0.3) is 0 Å². The maximum Gasteiger partial charge on any atom is 0.140 e. The normalized spacial score (nSPS) is 14.2. The minimum Gasteiger partial charge on any atom is -0.349 e. The number of nitrogens with zero attached hydrogens (tertiary/aromatic N) is 3. The van der Waals surface area contributed by atoms with Crippen LogP contribution in [0.1, 0.15) is 18.4 Å². The van der Waals surface area contributed by atoms with E-state index >= 15 is 0 Å². The van der Waals surface area contributed by atoms with Gasteiger partial charge in [-0.15, -0.1) is 0 Å². The van der Waals surface area contributed by atoms with Gasteiger partial charge >= 0.3 is 0 Å². The Kier molecular flexibility index (Phi) is 3.43. The molecule has 0 N–H and O–H groups in total. The van der Waals surface area contributed by atoms with E-state index in [1.165, 1.54) is 18.4 Å². The number of fused-ring (bicyclic) bond motifs is 1. The molecule has 4 rings (SSSR count). The van der Waals surface area contributed by atoms with Crippen LogP contribution in [0, 0.1) is 0 Å². The molecule has 1 fully saturated rings. The number of halogens is 1. The van der Waals surface area contributed by atoms with Crippen molar-refractivity contribution < 1.29 is 0 Å². The molecule has 22 heavy (non-hydrogen) atoms. The first-order chi connectivity index (χ1) is 10.8. The number of hydrogen-bond donors (Lipinski definition) is 0. The van der Waals surface area contributed by atoms with Gasteiger partial charge in [-0.25, -0.2) is 9.97 Å². The highest BCUT2D eigenvalue weighted by Crippen LogP contribution is 2.35. The summed E-state index contributed by atoms with van der Waals surface area (Å²) in [6.45, 7) is 0.826. The number of benzene rings is 2. The van der Waals surface area contributed by atoms with Gasteiger partial charge in [0.1, 0.15) is 12.1 Å². The number of para-hydroxylation sites is 1. The van der Waals surface area contributed by atoms with Crippen LogP contribution in [0.4, 0.5) is 5.82 Å². The minimum absolute atomic E-state index is 0.567. The Morgan fingerprint density at radius 1 is 1.05 bits per heavy atom. The zero-order valence-electron chi connectivity index (χ0n) is 12.1. The van der Waals surface area contributed by atoms with Gasteiger partial charge in [0.2, 0.25) is 0 Å². The van der Waals surface area contributed by atoms with Crippen molar-refractivity contribution in [2.75, 3.05) is 4.90 Å². The molecule has 110 valence electrons. The Balaban J connectivity index is 1.75. The van der Waals surface area contributed by atoms with Gasteiger partial charge in [0.15, 0.2) is 0 Å². The zero-order valence-corrected chi connectivity index (χ0v) is 12.9. The maximum absolute atomic E-state index is 6.12. The predicted molar refractivity (Wildman–Crippen MR) is 90.2 cm³/mol. The molecule has 3 aromatic rings. The zero-order chi connectivity index (χ0) is 14.9. The van der Waals surface area contributed by atoms with Crippen LogP contribution in [0.2, 0.25) is 5.02 Å². The van der Waals surface area contributed by atoms with E-state index < -0.39 is 0 Å². The molecule has 1 aliphatic carbocycles. The molecule has 4 heteroatoms. The maximum atomic E-state index is 6.12. The number of anilines is 1. The molecule has 0 spiro atoms. The van der Waals surface area contributed by atoms with Crippen molar-refractivity contribution in [2.24, 2.45) is 0 Å². The Bertz CT molecular complexity index is 809. The van der Waals surface area contributed by atoms with Crippen LogP contribution in [-0.2, 0) is 6.54 Å². The Morgan fingerprint density at radius 3 is 2.73 bits per heavy atom. The first kappa shape index (κ1) is 13.5. The number of rotatable bonds is 4. The van der Waals surface area contributed by atoms with Crippen LogP contribution in [0.3, 0.4) is 0 Å². The molecule has 0 amide bonds. The molecule has 2 aromatic carbocycles. The molecule has 1 heterocycles. The molecule has 1 aromatic heterocycles. The molecule has 1 saturated carbocycles. The highest BCUT2D eigenvalue weighted by molar-refractivity contribution is 6.30. The second-order valence-electron chi connectivity index (χ2n) is 5.70. The van der Waals surface area contributed by atoms with Crippen molar-refractivity contribution in [2.45, 2.75) is 25.4 Å². The van der Waals surface area contributed by atoms with Crippen LogP contribution in [0.15, 0.2) is 54.9 Å². The molecule has 0 bridgehead atoms. The third-order valence-corrected chi connectivity index (χ3v) is 4.26. The Morgan fingerprint density at radius 2 is 1.91 bits per heavy atom. The van der Waals surface area contributed by atoms with E-state index in [0.29, 0.717) is 6.04 Å². The van der Waals surface area contributed by atoms with E-state index in [9.17, 15) is 0 Å². The highest BCUT2D eigenvalue weighted by atomic mass is 35.5. The molecule has 0 aliphatic heterocycles. The van der Waals surface area contributed by atoms with Crippen LogP contribution in [-0.4, -0.2) is 16.0 Å². The van der Waals surface area contributed by atoms with Crippen molar-refractivity contribution >= 4 is 28.3 Å². The summed E-state index contributed by atoms with van der Waals surface area (Å²) in [5.41, 5.74) is 2.20. The topological polar surface area (TPSA) is 29.0 Å². The van der Waals surface area contributed by atoms with Gasteiger partial charge in [0, 0.05) is 23.0 Å². The van der Waals surface area contributed by atoms with Gasteiger partial charge in [0.05, 0.1) is 5.52 Å². The summed E-state index contributed by atoms with van der Waals surface area (Å²) in [5.74, 6) is 1.02. The monoisotopic (exact) mass is 309 g/mol. The van der Waals surface area contributed by atoms with Crippen LogP contribution >= 0.6 is 11.6 Å². The molecule has 0 radical (unpaired) electrons. The summed E-state index contributed by atoms with van der Waals surface area (Å²) < 4.78 is 0. The van der Waals surface area contributed by atoms with E-state index in [-0.39, 0.29) is 0 Å². The Hall–Kier alpha value is -2.13. The van der Waals surface area contributed by atoms with Gasteiger partial charge in [-0.2, -0.15) is 0 Å². The van der Waals surface area contributed by atoms with E-state index in [0.717, 1.165) is 28.3 Å². The quantitative estimate of drug-likeness (QED) is 0.713. The highest BCUT2D eigenvalue weighted by Gasteiger charge is 2.31. The largest absolute Gasteiger partial charge is 0.349 e. The molecule has 0 atom stereocenters. The summed E-state index contributed by atoms with van der Waals surface area (Å²) in [7, 11) is 0. The molecular formula is C18H16ClN3. The van der Waals surface area contributed by atoms with Crippen molar-refractivity contribution in [3.05, 3.63) is 65.4 Å². The number of hydrogen-bond acceptors (Lipinski definition) is 3. The van der Waals surface area contributed by atoms with Gasteiger partial charge in [-0.3, -0.25) is 0 Å². The van der Waals surface area contributed by atoms with E-state index in [1.807, 2.05) is 36.4 Å². The average molecular weight is 310 g/mol. The van der Waals surface area contributed by atoms with Crippen LogP contribution in [0.25, 0.3) is 10.9 Å². The van der Waals surface area contributed by atoms with Gasteiger partial charge in [-0.1, -0.05) is 35.9 Å². The van der Waals surface area contributed by atoms with Crippen LogP contribution in [0.5, 0.6) is 0 Å². The van der Waals surface area contributed by atoms with Crippen molar-refractivity contribution in [1.29, 1.82) is 0 Å². The predicted octanol–water partition coefficient (Wildman–Crippen LogP) is 4.45. The van der Waals surface area contributed by atoms with E-state index in [2.05, 4.69) is 27.0 Å². The molecule has 3 nitrogen and oxygen atoms in total. The lowest BCUT2D eigenvalue weighted by Gasteiger charge is -2.24. The lowest BCUT2D eigenvalue weighted by Crippen LogP contribution is -2.26. The second kappa shape index (κ2) is 5.58. The van der Waals surface area contributed by atoms with Crippen molar-refractivity contribution in [3.63, 3.8) is 0 Å². The fourth-order valence-corrected chi connectivity index (χ4v) is 3.03. The standard InChI is InChI=1S/C18H16ClN3/c19-14-5-3-4-13(10-14)11-22(15-8-9-15)18-16-6-1-2-7-17(16)20-12-21-18/h1-7,10,12,15H,8-9,11H2. The van der Waals surface area contributed by atoms with Crippen molar-refractivity contribution in [3.8, 4) is 0 Å². The third-order valence-electron chi connectivity index (χ3n) is 4.02. The number of aromatic nitrogens is 2. The fraction of sp³-hybridized carbons (Fsp3) is 0.222. The first-order valence-corrected chi connectivity index (χ1v) is 7.90. The first-order valence-electron chi connectivity index (χ1n) is 7.52. The van der Waals surface area contributed by atoms with E-state index in [1.54, 1.807) is 6.33 Å². The smallest absolute Gasteiger partial charge is 0.140 e. The van der Waals surface area contributed by atoms with Gasteiger partial charge < -0.3 is 4.90 Å².